The largest absolute Gasteiger partial charge is 0.308 e. The van der Waals surface area contributed by atoms with Gasteiger partial charge in [0.1, 0.15) is 0 Å². The highest BCUT2D eigenvalue weighted by Crippen LogP contribution is 2.40. The third kappa shape index (κ3) is 7.10. The molecular weight excluding hydrogens is 769 g/mol. The number of hydrogen-bond acceptors (Lipinski definition) is 5. The molecule has 0 fully saturated rings. The van der Waals surface area contributed by atoms with Crippen LogP contribution >= 0.6 is 0 Å². The summed E-state index contributed by atoms with van der Waals surface area (Å²) in [6.45, 7) is 0. The molecule has 0 amide bonds. The fourth-order valence-electron chi connectivity index (χ4n) is 8.37. The Morgan fingerprint density at radius 2 is 0.778 bits per heavy atom. The Kier molecular flexibility index (Phi) is 9.45. The van der Waals surface area contributed by atoms with Gasteiger partial charge in [-0.05, 0) is 65.7 Å². The molecule has 0 aliphatic carbocycles. The van der Waals surface area contributed by atoms with E-state index >= 15 is 0 Å². The number of hydrogen-bond donors (Lipinski definition) is 0. The molecular formula is C57H36N6. The molecule has 0 saturated heterocycles. The molecule has 11 aromatic rings. The number of benzene rings is 8. The lowest BCUT2D eigenvalue weighted by molar-refractivity contribution is 1.13. The number of fused-ring (bicyclic) bond motifs is 3. The normalized spacial score (nSPS) is 11.2. The molecule has 294 valence electrons. The Bertz CT molecular complexity index is 3370. The highest BCUT2D eigenvalue weighted by molar-refractivity contribution is 6.10. The summed E-state index contributed by atoms with van der Waals surface area (Å²) >= 11 is 0. The molecule has 0 aliphatic rings. The summed E-state index contributed by atoms with van der Waals surface area (Å²) in [5, 5.41) is 11.8. The zero-order valence-electron chi connectivity index (χ0n) is 34.0. The van der Waals surface area contributed by atoms with Crippen molar-refractivity contribution in [2.75, 3.05) is 0 Å². The zero-order valence-corrected chi connectivity index (χ0v) is 34.0. The molecule has 6 nitrogen and oxygen atoms in total. The molecule has 8 aromatic carbocycles. The highest BCUT2D eigenvalue weighted by atomic mass is 15.0. The van der Waals surface area contributed by atoms with Gasteiger partial charge in [0.25, 0.3) is 0 Å². The summed E-state index contributed by atoms with van der Waals surface area (Å²) < 4.78 is 2.33. The van der Waals surface area contributed by atoms with E-state index in [4.69, 9.17) is 19.9 Å². The molecule has 0 unspecified atom stereocenters. The van der Waals surface area contributed by atoms with Crippen molar-refractivity contribution in [2.45, 2.75) is 0 Å². The summed E-state index contributed by atoms with van der Waals surface area (Å²) in [5.41, 5.74) is 14.6. The Morgan fingerprint density at radius 1 is 0.333 bits per heavy atom. The van der Waals surface area contributed by atoms with Crippen LogP contribution in [0.2, 0.25) is 0 Å². The first-order valence-electron chi connectivity index (χ1n) is 20.9. The molecule has 0 N–H and O–H groups in total. The Morgan fingerprint density at radius 3 is 1.30 bits per heavy atom. The van der Waals surface area contributed by atoms with Crippen molar-refractivity contribution in [3.63, 3.8) is 0 Å². The third-order valence-corrected chi connectivity index (χ3v) is 11.5. The van der Waals surface area contributed by atoms with Crippen LogP contribution in [-0.4, -0.2) is 24.5 Å². The van der Waals surface area contributed by atoms with E-state index < -0.39 is 0 Å². The van der Waals surface area contributed by atoms with Crippen molar-refractivity contribution in [3.05, 3.63) is 224 Å². The smallest absolute Gasteiger partial charge is 0.162 e. The van der Waals surface area contributed by atoms with Gasteiger partial charge in [-0.25, -0.2) is 19.9 Å². The first-order chi connectivity index (χ1) is 31.2. The second-order valence-corrected chi connectivity index (χ2v) is 15.4. The van der Waals surface area contributed by atoms with Crippen LogP contribution in [0.5, 0.6) is 0 Å². The van der Waals surface area contributed by atoms with Gasteiger partial charge >= 0.3 is 0 Å². The maximum absolute atomic E-state index is 9.52. The molecule has 0 radical (unpaired) electrons. The highest BCUT2D eigenvalue weighted by Gasteiger charge is 2.21. The Balaban J connectivity index is 1.20. The van der Waals surface area contributed by atoms with Gasteiger partial charge in [0.15, 0.2) is 11.6 Å². The van der Waals surface area contributed by atoms with Crippen molar-refractivity contribution < 1.29 is 0 Å². The van der Waals surface area contributed by atoms with Gasteiger partial charge in [-0.15, -0.1) is 0 Å². The number of rotatable bonds is 8. The SMILES string of the molecule is N#Cc1ccc(-c2ccc3c4ccccc4n(-c4ccc(-c5nc(-c6ccccc6)cc(-c6ccccc6)n5)cc4-c4nc(-c5ccccc5)cc(-c5ccccc5)n4)c3c2)cc1. The monoisotopic (exact) mass is 804 g/mol. The van der Waals surface area contributed by atoms with Crippen LogP contribution in [-0.2, 0) is 0 Å². The first-order valence-corrected chi connectivity index (χ1v) is 20.9. The summed E-state index contributed by atoms with van der Waals surface area (Å²) in [6, 6.07) is 76.7. The maximum atomic E-state index is 9.52. The minimum absolute atomic E-state index is 0.573. The van der Waals surface area contributed by atoms with Crippen LogP contribution < -0.4 is 0 Å². The minimum atomic E-state index is 0.573. The molecule has 6 heteroatoms. The van der Waals surface area contributed by atoms with Gasteiger partial charge in [-0.1, -0.05) is 164 Å². The second kappa shape index (κ2) is 16.0. The maximum Gasteiger partial charge on any atom is 0.162 e. The van der Waals surface area contributed by atoms with Crippen LogP contribution in [0.1, 0.15) is 5.56 Å². The molecule has 3 aromatic heterocycles. The molecule has 0 atom stereocenters. The molecule has 63 heavy (non-hydrogen) atoms. The van der Waals surface area contributed by atoms with Gasteiger partial charge in [-0.3, -0.25) is 0 Å². The number of para-hydroxylation sites is 1. The average molecular weight is 805 g/mol. The standard InChI is InChI=1S/C57H36N6/c58-37-38-25-27-39(28-26-38)44-29-31-47-46-23-13-14-24-53(46)63(55(47)34-44)54-32-30-45(56-59-49(40-15-5-1-6-16-40)35-50(60-56)41-17-7-2-8-18-41)33-48(54)57-61-51(42-19-9-3-10-20-42)36-52(62-57)43-21-11-4-12-22-43/h1-36H. The van der Waals surface area contributed by atoms with Crippen molar-refractivity contribution in [1.29, 1.82) is 5.26 Å². The predicted octanol–water partition coefficient (Wildman–Crippen LogP) is 13.9. The quantitative estimate of drug-likeness (QED) is 0.153. The van der Waals surface area contributed by atoms with Crippen LogP contribution in [0.25, 0.3) is 106 Å². The molecule has 0 aliphatic heterocycles. The lowest BCUT2D eigenvalue weighted by atomic mass is 10.0. The molecule has 3 heterocycles. The molecule has 0 bridgehead atoms. The zero-order chi connectivity index (χ0) is 42.1. The molecule has 0 spiro atoms. The van der Waals surface area contributed by atoms with Crippen molar-refractivity contribution in [2.24, 2.45) is 0 Å². The second-order valence-electron chi connectivity index (χ2n) is 15.4. The summed E-state index contributed by atoms with van der Waals surface area (Å²) in [5.74, 6) is 1.17. The van der Waals surface area contributed by atoms with Gasteiger partial charge in [-0.2, -0.15) is 5.26 Å². The van der Waals surface area contributed by atoms with E-state index in [-0.39, 0.29) is 0 Å². The van der Waals surface area contributed by atoms with Crippen molar-refractivity contribution in [1.82, 2.24) is 24.5 Å². The topological polar surface area (TPSA) is 80.3 Å². The van der Waals surface area contributed by atoms with Gasteiger partial charge in [0.05, 0.1) is 51.1 Å². The summed E-state index contributed by atoms with van der Waals surface area (Å²) in [4.78, 5) is 21.2. The van der Waals surface area contributed by atoms with E-state index in [9.17, 15) is 5.26 Å². The van der Waals surface area contributed by atoms with Crippen LogP contribution in [0.15, 0.2) is 218 Å². The van der Waals surface area contributed by atoms with Crippen molar-refractivity contribution >= 4 is 21.8 Å². The summed E-state index contributed by atoms with van der Waals surface area (Å²) in [7, 11) is 0. The fraction of sp³-hybridized carbons (Fsp3) is 0. The van der Waals surface area contributed by atoms with E-state index in [0.717, 1.165) is 94.8 Å². The first kappa shape index (κ1) is 37.2. The number of nitrogens with zero attached hydrogens (tertiary/aromatic N) is 6. The lowest BCUT2D eigenvalue weighted by Gasteiger charge is -2.17. The Hall–Kier alpha value is -8.79. The van der Waals surface area contributed by atoms with E-state index in [1.807, 2.05) is 97.1 Å². The number of aromatic nitrogens is 5. The number of nitriles is 1. The van der Waals surface area contributed by atoms with E-state index in [1.165, 1.54) is 0 Å². The summed E-state index contributed by atoms with van der Waals surface area (Å²) in [6.07, 6.45) is 0. The van der Waals surface area contributed by atoms with E-state index in [2.05, 4.69) is 132 Å². The fourth-order valence-corrected chi connectivity index (χ4v) is 8.37. The molecule has 11 rings (SSSR count). The van der Waals surface area contributed by atoms with E-state index in [1.54, 1.807) is 0 Å². The van der Waals surface area contributed by atoms with Crippen LogP contribution in [0.4, 0.5) is 0 Å². The van der Waals surface area contributed by atoms with Crippen molar-refractivity contribution in [3.8, 4) is 90.7 Å². The van der Waals surface area contributed by atoms with Crippen LogP contribution in [0, 0.1) is 11.3 Å². The van der Waals surface area contributed by atoms with Gasteiger partial charge in [0, 0.05) is 44.2 Å². The van der Waals surface area contributed by atoms with Crippen LogP contribution in [0.3, 0.4) is 0 Å². The third-order valence-electron chi connectivity index (χ3n) is 11.5. The average Bonchev–Trinajstić information content (AvgIpc) is 3.70. The minimum Gasteiger partial charge on any atom is -0.308 e. The lowest BCUT2D eigenvalue weighted by Crippen LogP contribution is -2.03. The van der Waals surface area contributed by atoms with Gasteiger partial charge in [0.2, 0.25) is 0 Å². The predicted molar refractivity (Wildman–Crippen MR) is 255 cm³/mol. The van der Waals surface area contributed by atoms with Gasteiger partial charge < -0.3 is 4.57 Å². The van der Waals surface area contributed by atoms with E-state index in [0.29, 0.717) is 17.2 Å². The Labute approximate surface area is 364 Å². The molecule has 0 saturated carbocycles.